The molecule has 1 unspecified atom stereocenters. The van der Waals surface area contributed by atoms with Crippen molar-refractivity contribution in [1.29, 1.82) is 0 Å². The minimum Gasteiger partial charge on any atom is -0.481 e. The van der Waals surface area contributed by atoms with Crippen LogP contribution in [0.5, 0.6) is 0 Å². The zero-order chi connectivity index (χ0) is 11.1. The summed E-state index contributed by atoms with van der Waals surface area (Å²) in [6, 6.07) is 8.23. The van der Waals surface area contributed by atoms with E-state index in [1.54, 1.807) is 0 Å². The van der Waals surface area contributed by atoms with Crippen LogP contribution in [0.4, 0.5) is 0 Å². The van der Waals surface area contributed by atoms with Gasteiger partial charge >= 0.3 is 5.97 Å². The molecule has 3 nitrogen and oxygen atoms in total. The molecule has 3 heteroatoms. The third kappa shape index (κ3) is 1.32. The third-order valence-corrected chi connectivity index (χ3v) is 3.43. The molecule has 2 heterocycles. The van der Waals surface area contributed by atoms with E-state index in [-0.39, 0.29) is 5.92 Å². The summed E-state index contributed by atoms with van der Waals surface area (Å²) in [5.74, 6) is -0.887. The maximum Gasteiger partial charge on any atom is 0.306 e. The average Bonchev–Trinajstić information content (AvgIpc) is 2.66. The van der Waals surface area contributed by atoms with Crippen molar-refractivity contribution in [3.63, 3.8) is 0 Å². The van der Waals surface area contributed by atoms with Crippen LogP contribution < -0.4 is 0 Å². The standard InChI is InChI=1S/C13H13NO2/c15-13(16)10-5-4-9-7-11-3-1-2-6-14(11)12(9)8-10/h1-3,6-7,10H,4-5,8H2,(H,15,16). The molecule has 0 aromatic carbocycles. The van der Waals surface area contributed by atoms with Gasteiger partial charge in [-0.3, -0.25) is 4.79 Å². The normalized spacial score (nSPS) is 19.6. The Kier molecular flexibility index (Phi) is 1.99. The Morgan fingerprint density at radius 3 is 3.12 bits per heavy atom. The van der Waals surface area contributed by atoms with E-state index in [1.807, 2.05) is 18.3 Å². The first-order chi connectivity index (χ1) is 7.75. The van der Waals surface area contributed by atoms with Gasteiger partial charge in [0.2, 0.25) is 0 Å². The molecule has 82 valence electrons. The number of aromatic nitrogens is 1. The first-order valence-electron chi connectivity index (χ1n) is 5.56. The number of rotatable bonds is 1. The van der Waals surface area contributed by atoms with Gasteiger partial charge in [0.05, 0.1) is 5.92 Å². The van der Waals surface area contributed by atoms with Crippen molar-refractivity contribution in [3.05, 3.63) is 41.7 Å². The van der Waals surface area contributed by atoms with Gasteiger partial charge in [-0.05, 0) is 36.6 Å². The minimum atomic E-state index is -0.670. The van der Waals surface area contributed by atoms with Crippen molar-refractivity contribution < 1.29 is 9.90 Å². The highest BCUT2D eigenvalue weighted by Gasteiger charge is 2.26. The van der Waals surface area contributed by atoms with E-state index in [0.717, 1.165) is 12.8 Å². The van der Waals surface area contributed by atoms with Gasteiger partial charge in [0.25, 0.3) is 0 Å². The van der Waals surface area contributed by atoms with Gasteiger partial charge in [0.15, 0.2) is 0 Å². The highest BCUT2D eigenvalue weighted by molar-refractivity contribution is 5.71. The second-order valence-electron chi connectivity index (χ2n) is 4.39. The van der Waals surface area contributed by atoms with Crippen molar-refractivity contribution in [3.8, 4) is 0 Å². The Morgan fingerprint density at radius 1 is 1.44 bits per heavy atom. The van der Waals surface area contributed by atoms with E-state index in [9.17, 15) is 4.79 Å². The maximum absolute atomic E-state index is 11.0. The van der Waals surface area contributed by atoms with Crippen LogP contribution in [0.3, 0.4) is 0 Å². The number of hydrogen-bond acceptors (Lipinski definition) is 1. The van der Waals surface area contributed by atoms with Crippen LogP contribution in [-0.4, -0.2) is 15.5 Å². The molecule has 1 atom stereocenters. The number of hydrogen-bond donors (Lipinski definition) is 1. The van der Waals surface area contributed by atoms with Crippen LogP contribution in [0.2, 0.25) is 0 Å². The van der Waals surface area contributed by atoms with E-state index in [1.165, 1.54) is 16.8 Å². The van der Waals surface area contributed by atoms with E-state index >= 15 is 0 Å². The molecular formula is C13H13NO2. The fraction of sp³-hybridized carbons (Fsp3) is 0.308. The summed E-state index contributed by atoms with van der Waals surface area (Å²) in [5.41, 5.74) is 3.65. The lowest BCUT2D eigenvalue weighted by Gasteiger charge is -2.19. The molecule has 2 aromatic heterocycles. The fourth-order valence-corrected chi connectivity index (χ4v) is 2.56. The molecule has 1 aliphatic rings. The van der Waals surface area contributed by atoms with Crippen molar-refractivity contribution in [2.45, 2.75) is 19.3 Å². The van der Waals surface area contributed by atoms with Crippen LogP contribution in [-0.2, 0) is 17.6 Å². The molecule has 0 saturated heterocycles. The Hall–Kier alpha value is -1.77. The summed E-state index contributed by atoms with van der Waals surface area (Å²) in [5, 5.41) is 9.06. The topological polar surface area (TPSA) is 41.7 Å². The monoisotopic (exact) mass is 215 g/mol. The van der Waals surface area contributed by atoms with E-state index in [0.29, 0.717) is 6.42 Å². The number of pyridine rings is 1. The van der Waals surface area contributed by atoms with Gasteiger partial charge in [0, 0.05) is 23.8 Å². The number of fused-ring (bicyclic) bond motifs is 3. The van der Waals surface area contributed by atoms with E-state index in [4.69, 9.17) is 5.11 Å². The van der Waals surface area contributed by atoms with Gasteiger partial charge in [-0.2, -0.15) is 0 Å². The maximum atomic E-state index is 11.0. The predicted octanol–water partition coefficient (Wildman–Crippen LogP) is 2.13. The molecule has 0 radical (unpaired) electrons. The Balaban J connectivity index is 2.11. The highest BCUT2D eigenvalue weighted by Crippen LogP contribution is 2.28. The molecule has 0 bridgehead atoms. The van der Waals surface area contributed by atoms with Crippen LogP contribution in [0, 0.1) is 5.92 Å². The second-order valence-corrected chi connectivity index (χ2v) is 4.39. The minimum absolute atomic E-state index is 0.217. The number of carbonyl (C=O) groups is 1. The molecule has 0 aliphatic heterocycles. The lowest BCUT2D eigenvalue weighted by molar-refractivity contribution is -0.142. The molecule has 1 N–H and O–H groups in total. The zero-order valence-electron chi connectivity index (χ0n) is 8.89. The molecular weight excluding hydrogens is 202 g/mol. The summed E-state index contributed by atoms with van der Waals surface area (Å²) in [6.45, 7) is 0. The van der Waals surface area contributed by atoms with Crippen molar-refractivity contribution in [2.75, 3.05) is 0 Å². The average molecular weight is 215 g/mol. The summed E-state index contributed by atoms with van der Waals surface area (Å²) in [7, 11) is 0. The number of carboxylic acid groups (broad SMARTS) is 1. The van der Waals surface area contributed by atoms with E-state index in [2.05, 4.69) is 16.5 Å². The summed E-state index contributed by atoms with van der Waals surface area (Å²) >= 11 is 0. The van der Waals surface area contributed by atoms with Gasteiger partial charge in [0.1, 0.15) is 0 Å². The van der Waals surface area contributed by atoms with Crippen molar-refractivity contribution in [1.82, 2.24) is 4.40 Å². The summed E-state index contributed by atoms with van der Waals surface area (Å²) < 4.78 is 2.12. The van der Waals surface area contributed by atoms with Gasteiger partial charge in [-0.15, -0.1) is 0 Å². The largest absolute Gasteiger partial charge is 0.481 e. The summed E-state index contributed by atoms with van der Waals surface area (Å²) in [4.78, 5) is 11.0. The molecule has 0 fully saturated rings. The summed E-state index contributed by atoms with van der Waals surface area (Å²) in [6.07, 6.45) is 4.31. The van der Waals surface area contributed by atoms with E-state index < -0.39 is 5.97 Å². The van der Waals surface area contributed by atoms with Gasteiger partial charge in [-0.25, -0.2) is 0 Å². The molecule has 0 amide bonds. The Labute approximate surface area is 93.3 Å². The molecule has 3 rings (SSSR count). The van der Waals surface area contributed by atoms with Gasteiger partial charge in [-0.1, -0.05) is 6.07 Å². The Bertz CT molecular complexity index is 556. The second kappa shape index (κ2) is 3.37. The molecule has 0 spiro atoms. The number of aryl methyl sites for hydroxylation is 1. The zero-order valence-corrected chi connectivity index (χ0v) is 8.89. The SMILES string of the molecule is O=C(O)C1CCc2cc3ccccn3c2C1. The molecule has 0 saturated carbocycles. The van der Waals surface area contributed by atoms with Crippen molar-refractivity contribution in [2.24, 2.45) is 5.92 Å². The number of aliphatic carboxylic acids is 1. The smallest absolute Gasteiger partial charge is 0.306 e. The predicted molar refractivity (Wildman–Crippen MR) is 60.5 cm³/mol. The number of nitrogens with zero attached hydrogens (tertiary/aromatic N) is 1. The van der Waals surface area contributed by atoms with Crippen LogP contribution in [0.25, 0.3) is 5.52 Å². The lowest BCUT2D eigenvalue weighted by Crippen LogP contribution is -2.22. The molecule has 1 aliphatic carbocycles. The molecule has 2 aromatic rings. The molecule has 16 heavy (non-hydrogen) atoms. The first-order valence-corrected chi connectivity index (χ1v) is 5.56. The van der Waals surface area contributed by atoms with Crippen LogP contribution in [0.15, 0.2) is 30.5 Å². The third-order valence-electron chi connectivity index (χ3n) is 3.43. The highest BCUT2D eigenvalue weighted by atomic mass is 16.4. The van der Waals surface area contributed by atoms with Crippen LogP contribution >= 0.6 is 0 Å². The van der Waals surface area contributed by atoms with Gasteiger partial charge < -0.3 is 9.51 Å². The number of carboxylic acids is 1. The van der Waals surface area contributed by atoms with Crippen LogP contribution in [0.1, 0.15) is 17.7 Å². The first kappa shape index (κ1) is 9.46. The quantitative estimate of drug-likeness (QED) is 0.791. The lowest BCUT2D eigenvalue weighted by atomic mass is 9.88. The van der Waals surface area contributed by atoms with Crippen molar-refractivity contribution >= 4 is 11.5 Å². The fourth-order valence-electron chi connectivity index (χ4n) is 2.56. The Morgan fingerprint density at radius 2 is 2.31 bits per heavy atom.